The van der Waals surface area contributed by atoms with Crippen LogP contribution < -0.4 is 15.4 Å². The van der Waals surface area contributed by atoms with Gasteiger partial charge in [0.2, 0.25) is 17.5 Å². The molecule has 9 nitrogen and oxygen atoms in total. The molecule has 1 aromatic rings. The first kappa shape index (κ1) is 25.7. The van der Waals surface area contributed by atoms with Crippen LogP contribution in [0.15, 0.2) is 17.3 Å². The van der Waals surface area contributed by atoms with Gasteiger partial charge in [0.1, 0.15) is 18.2 Å². The Morgan fingerprint density at radius 1 is 1.05 bits per heavy atom. The zero-order valence-corrected chi connectivity index (χ0v) is 23.0. The largest absolute Gasteiger partial charge is 0.476 e. The van der Waals surface area contributed by atoms with Gasteiger partial charge in [-0.25, -0.2) is 4.98 Å². The molecule has 0 aromatic carbocycles. The molecule has 0 unspecified atom stereocenters. The van der Waals surface area contributed by atoms with Gasteiger partial charge in [-0.05, 0) is 78.4 Å². The lowest BCUT2D eigenvalue weighted by atomic mass is 9.64. The Balaban J connectivity index is 1.32. The summed E-state index contributed by atoms with van der Waals surface area (Å²) in [6.07, 6.45) is 9.89. The van der Waals surface area contributed by atoms with E-state index in [0.717, 1.165) is 70.5 Å². The predicted octanol–water partition coefficient (Wildman–Crippen LogP) is 2.94. The second kappa shape index (κ2) is 9.90. The number of nitrogens with zero attached hydrogens (tertiary/aromatic N) is 5. The van der Waals surface area contributed by atoms with Crippen molar-refractivity contribution < 1.29 is 14.3 Å². The van der Waals surface area contributed by atoms with Gasteiger partial charge in [0.05, 0.1) is 5.41 Å². The fraction of sp³-hybridized carbons (Fsp3) is 0.724. The van der Waals surface area contributed by atoms with E-state index in [-0.39, 0.29) is 22.9 Å². The minimum atomic E-state index is -0.679. The molecule has 9 heteroatoms. The number of rotatable bonds is 6. The van der Waals surface area contributed by atoms with Crippen LogP contribution in [0.4, 0.5) is 5.82 Å². The highest BCUT2D eigenvalue weighted by molar-refractivity contribution is 6.08. The SMILES string of the molecule is CN1CCC[C@H]1COc1cc(N2CCN(C)C3(CC3)C2)nc(C(=O)C2=C(N)[C@]3(CCCCC3=O)CCC2)n1. The molecule has 2 spiro atoms. The molecule has 3 aliphatic carbocycles. The summed E-state index contributed by atoms with van der Waals surface area (Å²) in [6.45, 7) is 4.30. The lowest BCUT2D eigenvalue weighted by Crippen LogP contribution is -2.53. The van der Waals surface area contributed by atoms with Crippen molar-refractivity contribution >= 4 is 17.4 Å². The Kier molecular flexibility index (Phi) is 6.71. The Morgan fingerprint density at radius 3 is 2.61 bits per heavy atom. The Hall–Kier alpha value is -2.52. The average molecular weight is 523 g/mol. The van der Waals surface area contributed by atoms with E-state index in [1.54, 1.807) is 0 Å². The molecule has 6 rings (SSSR count). The molecule has 2 saturated carbocycles. The molecule has 2 saturated heterocycles. The molecule has 206 valence electrons. The molecule has 2 atom stereocenters. The maximum Gasteiger partial charge on any atom is 0.228 e. The quantitative estimate of drug-likeness (QED) is 0.565. The summed E-state index contributed by atoms with van der Waals surface area (Å²) >= 11 is 0. The zero-order chi connectivity index (χ0) is 26.5. The topological polar surface area (TPSA) is 105 Å². The number of likely N-dealkylation sites (tertiary alicyclic amines) is 1. The molecule has 2 aliphatic heterocycles. The number of hydrogen-bond acceptors (Lipinski definition) is 9. The number of likely N-dealkylation sites (N-methyl/N-ethyl adjacent to an activating group) is 2. The van der Waals surface area contributed by atoms with Gasteiger partial charge in [-0.2, -0.15) is 4.98 Å². The standard InChI is InChI=1S/C29H42N6O3/c1-33-14-6-7-20(33)18-38-24-17-23(35-16-15-34(2)28(19-35)12-13-28)31-27(32-24)25(37)21-8-5-11-29(26(21)30)10-4-3-9-22(29)36/h17,20H,3-16,18-19,30H2,1-2H3/t20-,29+/m0/s1. The van der Waals surface area contributed by atoms with Crippen molar-refractivity contribution in [3.8, 4) is 5.88 Å². The van der Waals surface area contributed by atoms with Crippen LogP contribution in [0.25, 0.3) is 0 Å². The minimum absolute atomic E-state index is 0.138. The van der Waals surface area contributed by atoms with Crippen LogP contribution in [0, 0.1) is 5.41 Å². The number of anilines is 1. The molecule has 1 aromatic heterocycles. The number of piperazine rings is 1. The summed E-state index contributed by atoms with van der Waals surface area (Å²) < 4.78 is 6.23. The number of ketones is 2. The highest BCUT2D eigenvalue weighted by Crippen LogP contribution is 2.47. The van der Waals surface area contributed by atoms with Crippen molar-refractivity contribution in [3.63, 3.8) is 0 Å². The fourth-order valence-electron chi connectivity index (χ4n) is 7.20. The second-order valence-corrected chi connectivity index (χ2v) is 12.3. The molecule has 38 heavy (non-hydrogen) atoms. The number of Topliss-reactive ketones (excluding diaryl/α,β-unsaturated/α-hetero) is 2. The molecule has 3 heterocycles. The average Bonchev–Trinajstić information content (AvgIpc) is 3.58. The number of carbonyl (C=O) groups excluding carboxylic acids is 2. The third-order valence-electron chi connectivity index (χ3n) is 10.1. The monoisotopic (exact) mass is 522 g/mol. The van der Waals surface area contributed by atoms with Gasteiger partial charge in [-0.1, -0.05) is 6.42 Å². The smallest absolute Gasteiger partial charge is 0.228 e. The normalized spacial score (nSPS) is 29.9. The lowest BCUT2D eigenvalue weighted by Gasteiger charge is -2.41. The molecule has 0 bridgehead atoms. The van der Waals surface area contributed by atoms with Gasteiger partial charge >= 0.3 is 0 Å². The number of carbonyl (C=O) groups is 2. The maximum atomic E-state index is 14.0. The zero-order valence-electron chi connectivity index (χ0n) is 23.0. The first-order chi connectivity index (χ1) is 18.3. The van der Waals surface area contributed by atoms with E-state index in [4.69, 9.17) is 15.5 Å². The Bertz CT molecular complexity index is 1150. The highest BCUT2D eigenvalue weighted by Gasteiger charge is 2.50. The summed E-state index contributed by atoms with van der Waals surface area (Å²) in [6, 6.07) is 2.25. The lowest BCUT2D eigenvalue weighted by molar-refractivity contribution is -0.129. The van der Waals surface area contributed by atoms with Crippen molar-refractivity contribution in [2.75, 3.05) is 51.8 Å². The maximum absolute atomic E-state index is 14.0. The Morgan fingerprint density at radius 2 is 1.87 bits per heavy atom. The van der Waals surface area contributed by atoms with Crippen molar-refractivity contribution in [2.45, 2.75) is 82.2 Å². The van der Waals surface area contributed by atoms with Crippen molar-refractivity contribution in [1.82, 2.24) is 19.8 Å². The van der Waals surface area contributed by atoms with Crippen LogP contribution in [-0.4, -0.2) is 89.8 Å². The van der Waals surface area contributed by atoms with Crippen LogP contribution >= 0.6 is 0 Å². The van der Waals surface area contributed by atoms with Crippen LogP contribution in [0.3, 0.4) is 0 Å². The van der Waals surface area contributed by atoms with Gasteiger partial charge in [0, 0.05) is 55.0 Å². The van der Waals surface area contributed by atoms with Crippen LogP contribution in [0.5, 0.6) is 5.88 Å². The van der Waals surface area contributed by atoms with E-state index in [1.165, 1.54) is 19.3 Å². The summed E-state index contributed by atoms with van der Waals surface area (Å²) in [4.78, 5) is 43.5. The summed E-state index contributed by atoms with van der Waals surface area (Å²) in [7, 11) is 4.33. The van der Waals surface area contributed by atoms with E-state index in [1.807, 2.05) is 6.07 Å². The van der Waals surface area contributed by atoms with Crippen LogP contribution in [0.1, 0.15) is 81.2 Å². The third kappa shape index (κ3) is 4.51. The van der Waals surface area contributed by atoms with Gasteiger partial charge in [0.15, 0.2) is 0 Å². The van der Waals surface area contributed by atoms with Crippen molar-refractivity contribution in [3.05, 3.63) is 23.2 Å². The van der Waals surface area contributed by atoms with Gasteiger partial charge < -0.3 is 20.3 Å². The van der Waals surface area contributed by atoms with E-state index in [0.29, 0.717) is 42.6 Å². The van der Waals surface area contributed by atoms with Gasteiger partial charge in [-0.15, -0.1) is 0 Å². The first-order valence-electron chi connectivity index (χ1n) is 14.6. The number of aromatic nitrogens is 2. The van der Waals surface area contributed by atoms with E-state index in [9.17, 15) is 9.59 Å². The molecule has 5 aliphatic rings. The minimum Gasteiger partial charge on any atom is -0.476 e. The first-order valence-corrected chi connectivity index (χ1v) is 14.6. The third-order valence-corrected chi connectivity index (χ3v) is 10.1. The molecular weight excluding hydrogens is 480 g/mol. The molecular formula is C29H42N6O3. The molecule has 0 amide bonds. The van der Waals surface area contributed by atoms with Gasteiger partial charge in [-0.3, -0.25) is 14.5 Å². The summed E-state index contributed by atoms with van der Waals surface area (Å²) in [5, 5.41) is 0. The Labute approximate surface area is 225 Å². The summed E-state index contributed by atoms with van der Waals surface area (Å²) in [5.41, 5.74) is 7.22. The number of allylic oxidation sites excluding steroid dienone is 2. The van der Waals surface area contributed by atoms with E-state index >= 15 is 0 Å². The van der Waals surface area contributed by atoms with Crippen molar-refractivity contribution in [1.29, 1.82) is 0 Å². The number of nitrogens with two attached hydrogens (primary N) is 1. The van der Waals surface area contributed by atoms with E-state index < -0.39 is 5.41 Å². The highest BCUT2D eigenvalue weighted by atomic mass is 16.5. The molecule has 4 fully saturated rings. The number of ether oxygens (including phenoxy) is 1. The van der Waals surface area contributed by atoms with E-state index in [2.05, 4.69) is 33.8 Å². The van der Waals surface area contributed by atoms with Gasteiger partial charge in [0.25, 0.3) is 0 Å². The number of hydrogen-bond donors (Lipinski definition) is 1. The second-order valence-electron chi connectivity index (χ2n) is 12.3. The van der Waals surface area contributed by atoms with Crippen molar-refractivity contribution in [2.24, 2.45) is 11.1 Å². The molecule has 0 radical (unpaired) electrons. The fourth-order valence-corrected chi connectivity index (χ4v) is 7.20. The molecule has 2 N–H and O–H groups in total. The van der Waals surface area contributed by atoms with Crippen LogP contribution in [0.2, 0.25) is 0 Å². The van der Waals surface area contributed by atoms with Crippen LogP contribution in [-0.2, 0) is 4.79 Å². The predicted molar refractivity (Wildman–Crippen MR) is 145 cm³/mol. The summed E-state index contributed by atoms with van der Waals surface area (Å²) in [5.74, 6) is 1.27.